The minimum atomic E-state index is 0.627. The molecule has 0 saturated carbocycles. The van der Waals surface area contributed by atoms with Crippen LogP contribution in [-0.4, -0.2) is 9.13 Å². The summed E-state index contributed by atoms with van der Waals surface area (Å²) in [5.41, 5.74) is 11.8. The van der Waals surface area contributed by atoms with Crippen LogP contribution >= 0.6 is 0 Å². The van der Waals surface area contributed by atoms with Crippen LogP contribution in [0.25, 0.3) is 77.2 Å². The molecule has 0 aliphatic carbocycles. The van der Waals surface area contributed by atoms with Crippen LogP contribution in [0.5, 0.6) is 0 Å². The Morgan fingerprint density at radius 2 is 0.958 bits per heavy atom. The maximum atomic E-state index is 10.2. The summed E-state index contributed by atoms with van der Waals surface area (Å²) in [6.07, 6.45) is 0. The Hall–Kier alpha value is -6.88. The van der Waals surface area contributed by atoms with E-state index in [1.807, 2.05) is 36.4 Å². The van der Waals surface area contributed by atoms with Crippen LogP contribution in [0.15, 0.2) is 158 Å². The van der Waals surface area contributed by atoms with Crippen molar-refractivity contribution in [3.05, 3.63) is 169 Å². The van der Waals surface area contributed by atoms with E-state index >= 15 is 0 Å². The van der Waals surface area contributed by atoms with Crippen LogP contribution in [0.3, 0.4) is 0 Å². The van der Waals surface area contributed by atoms with Crippen molar-refractivity contribution in [3.8, 4) is 45.8 Å². The second-order valence-corrected chi connectivity index (χ2v) is 12.0. The van der Waals surface area contributed by atoms with Crippen LogP contribution in [0.2, 0.25) is 0 Å². The topological polar surface area (TPSA) is 57.4 Å². The number of hydrogen-bond donors (Lipinski definition) is 0. The van der Waals surface area contributed by atoms with Gasteiger partial charge in [0, 0.05) is 38.4 Å². The molecule has 0 fully saturated rings. The molecule has 0 bridgehead atoms. The number of nitrogens with zero attached hydrogens (tertiary/aromatic N) is 4. The molecule has 0 atom stereocenters. The van der Waals surface area contributed by atoms with Gasteiger partial charge in [0.05, 0.1) is 51.0 Å². The maximum absolute atomic E-state index is 10.2. The van der Waals surface area contributed by atoms with E-state index < -0.39 is 0 Å². The van der Waals surface area contributed by atoms with E-state index in [2.05, 4.69) is 143 Å². The first-order valence-electron chi connectivity index (χ1n) is 15.9. The van der Waals surface area contributed by atoms with Gasteiger partial charge in [0.25, 0.3) is 0 Å². The van der Waals surface area contributed by atoms with Gasteiger partial charge in [-0.3, -0.25) is 0 Å². The van der Waals surface area contributed by atoms with Crippen LogP contribution < -0.4 is 0 Å². The number of hydrogen-bond acceptors (Lipinski definition) is 2. The summed E-state index contributed by atoms with van der Waals surface area (Å²) in [6.45, 7) is 0. The lowest BCUT2D eigenvalue weighted by Gasteiger charge is -2.15. The van der Waals surface area contributed by atoms with E-state index in [1.54, 1.807) is 0 Å². The van der Waals surface area contributed by atoms with E-state index in [4.69, 9.17) is 0 Å². The molecule has 4 nitrogen and oxygen atoms in total. The first-order chi connectivity index (χ1) is 23.7. The number of fused-ring (bicyclic) bond motifs is 6. The van der Waals surface area contributed by atoms with E-state index in [0.29, 0.717) is 11.1 Å². The predicted octanol–water partition coefficient (Wildman–Crippen LogP) is 11.0. The summed E-state index contributed by atoms with van der Waals surface area (Å²) in [5.74, 6) is 0. The van der Waals surface area contributed by atoms with Crippen molar-refractivity contribution in [2.24, 2.45) is 0 Å². The van der Waals surface area contributed by atoms with Gasteiger partial charge in [0.15, 0.2) is 0 Å². The zero-order valence-corrected chi connectivity index (χ0v) is 25.8. The SMILES string of the molecule is N#Cc1ccc2c(c1)c1ccccc1n2-c1ccc(-c2cc(-c3ccccc3-n3c4ccccc4c4ccccc43)ccc2C#N)cc1. The molecule has 0 aliphatic rings. The molecule has 0 saturated heterocycles. The molecule has 4 heteroatoms. The maximum Gasteiger partial charge on any atom is 0.0998 e. The molecule has 0 aliphatic heterocycles. The average Bonchev–Trinajstić information content (AvgIpc) is 3.67. The summed E-state index contributed by atoms with van der Waals surface area (Å²) in [6, 6.07) is 59.0. The van der Waals surface area contributed by atoms with Gasteiger partial charge < -0.3 is 9.13 Å². The number of nitriles is 2. The van der Waals surface area contributed by atoms with E-state index in [0.717, 1.165) is 66.5 Å². The number of aromatic nitrogens is 2. The molecule has 222 valence electrons. The Bertz CT molecular complexity index is 2750. The molecule has 0 spiro atoms. The van der Waals surface area contributed by atoms with Crippen molar-refractivity contribution < 1.29 is 0 Å². The molecule has 48 heavy (non-hydrogen) atoms. The third-order valence-electron chi connectivity index (χ3n) is 9.41. The van der Waals surface area contributed by atoms with Crippen LogP contribution in [0, 0.1) is 22.7 Å². The zero-order valence-electron chi connectivity index (χ0n) is 25.8. The normalized spacial score (nSPS) is 11.3. The molecular formula is C44H26N4. The van der Waals surface area contributed by atoms with Crippen LogP contribution in [0.1, 0.15) is 11.1 Å². The molecule has 0 radical (unpaired) electrons. The number of para-hydroxylation sites is 4. The molecule has 0 N–H and O–H groups in total. The van der Waals surface area contributed by atoms with Crippen molar-refractivity contribution in [3.63, 3.8) is 0 Å². The second-order valence-electron chi connectivity index (χ2n) is 12.0. The summed E-state index contributed by atoms with van der Waals surface area (Å²) in [5, 5.41) is 24.3. The summed E-state index contributed by atoms with van der Waals surface area (Å²) in [7, 11) is 0. The third kappa shape index (κ3) is 4.14. The lowest BCUT2D eigenvalue weighted by molar-refractivity contribution is 1.18. The molecular weight excluding hydrogens is 585 g/mol. The molecule has 2 heterocycles. The highest BCUT2D eigenvalue weighted by molar-refractivity contribution is 6.10. The molecule has 0 unspecified atom stereocenters. The van der Waals surface area contributed by atoms with Crippen molar-refractivity contribution in [1.82, 2.24) is 9.13 Å². The number of benzene rings is 7. The fourth-order valence-corrected chi connectivity index (χ4v) is 7.25. The van der Waals surface area contributed by atoms with Gasteiger partial charge in [-0.05, 0) is 77.9 Å². The first-order valence-corrected chi connectivity index (χ1v) is 15.9. The van der Waals surface area contributed by atoms with Gasteiger partial charge in [0.1, 0.15) is 0 Å². The fraction of sp³-hybridized carbons (Fsp3) is 0. The van der Waals surface area contributed by atoms with Crippen LogP contribution in [-0.2, 0) is 0 Å². The molecule has 2 aromatic heterocycles. The minimum Gasteiger partial charge on any atom is -0.309 e. The smallest absolute Gasteiger partial charge is 0.0998 e. The first kappa shape index (κ1) is 27.4. The van der Waals surface area contributed by atoms with E-state index in [1.165, 1.54) is 10.8 Å². The monoisotopic (exact) mass is 610 g/mol. The molecule has 7 aromatic carbocycles. The molecule has 9 aromatic rings. The fourth-order valence-electron chi connectivity index (χ4n) is 7.25. The summed E-state index contributed by atoms with van der Waals surface area (Å²) in [4.78, 5) is 0. The Kier molecular flexibility index (Phi) is 6.22. The summed E-state index contributed by atoms with van der Waals surface area (Å²) >= 11 is 0. The largest absolute Gasteiger partial charge is 0.309 e. The molecule has 9 rings (SSSR count). The lowest BCUT2D eigenvalue weighted by Crippen LogP contribution is -1.97. The van der Waals surface area contributed by atoms with Crippen molar-refractivity contribution >= 4 is 43.6 Å². The Morgan fingerprint density at radius 1 is 0.396 bits per heavy atom. The van der Waals surface area contributed by atoms with Gasteiger partial charge in [0.2, 0.25) is 0 Å². The van der Waals surface area contributed by atoms with Crippen molar-refractivity contribution in [1.29, 1.82) is 10.5 Å². The summed E-state index contributed by atoms with van der Waals surface area (Å²) < 4.78 is 4.58. The Morgan fingerprint density at radius 3 is 1.62 bits per heavy atom. The van der Waals surface area contributed by atoms with Gasteiger partial charge in [-0.15, -0.1) is 0 Å². The highest BCUT2D eigenvalue weighted by atomic mass is 15.0. The highest BCUT2D eigenvalue weighted by Gasteiger charge is 2.17. The van der Waals surface area contributed by atoms with E-state index in [9.17, 15) is 10.5 Å². The zero-order chi connectivity index (χ0) is 32.2. The van der Waals surface area contributed by atoms with E-state index in [-0.39, 0.29) is 0 Å². The standard InChI is InChI=1S/C44H26N4/c45-27-29-17-24-44-39(25-29)37-12-4-6-14-41(37)47(44)33-22-20-30(21-23-33)38-26-31(18-19-32(38)28-46)34-9-1-5-13-40(34)48-42-15-7-2-10-35(42)36-11-3-8-16-43(36)48/h1-26H. The van der Waals surface area contributed by atoms with Crippen LogP contribution in [0.4, 0.5) is 0 Å². The third-order valence-corrected chi connectivity index (χ3v) is 9.41. The predicted molar refractivity (Wildman–Crippen MR) is 195 cm³/mol. The van der Waals surface area contributed by atoms with Gasteiger partial charge in [-0.25, -0.2) is 0 Å². The van der Waals surface area contributed by atoms with Crippen molar-refractivity contribution in [2.75, 3.05) is 0 Å². The van der Waals surface area contributed by atoms with Gasteiger partial charge >= 0.3 is 0 Å². The average molecular weight is 611 g/mol. The number of rotatable bonds is 4. The lowest BCUT2D eigenvalue weighted by atomic mass is 9.94. The second kappa shape index (κ2) is 10.9. The van der Waals surface area contributed by atoms with Crippen molar-refractivity contribution in [2.45, 2.75) is 0 Å². The Labute approximate surface area is 277 Å². The quantitative estimate of drug-likeness (QED) is 0.199. The highest BCUT2D eigenvalue weighted by Crippen LogP contribution is 2.38. The minimum absolute atomic E-state index is 0.627. The van der Waals surface area contributed by atoms with Gasteiger partial charge in [-0.1, -0.05) is 91.0 Å². The molecule has 0 amide bonds. The van der Waals surface area contributed by atoms with Gasteiger partial charge in [-0.2, -0.15) is 10.5 Å². The Balaban J connectivity index is 1.18.